The van der Waals surface area contributed by atoms with Gasteiger partial charge < -0.3 is 20.1 Å². The topological polar surface area (TPSA) is 110 Å². The van der Waals surface area contributed by atoms with Crippen LogP contribution in [0.5, 0.6) is 5.75 Å². The highest BCUT2D eigenvalue weighted by Crippen LogP contribution is 2.25. The van der Waals surface area contributed by atoms with E-state index in [1.54, 1.807) is 19.4 Å². The molecule has 2 N–H and O–H groups in total. The Kier molecular flexibility index (Phi) is 8.21. The second-order valence-electron chi connectivity index (χ2n) is 9.95. The summed E-state index contributed by atoms with van der Waals surface area (Å²) in [6.07, 6.45) is 2.85. The van der Waals surface area contributed by atoms with Crippen LogP contribution in [0.25, 0.3) is 21.7 Å². The molecule has 0 spiro atoms. The van der Waals surface area contributed by atoms with Crippen molar-refractivity contribution < 1.29 is 23.9 Å². The fourth-order valence-electron chi connectivity index (χ4n) is 5.08. The van der Waals surface area contributed by atoms with Crippen LogP contribution in [0.1, 0.15) is 24.4 Å². The minimum Gasteiger partial charge on any atom is -0.497 e. The van der Waals surface area contributed by atoms with Crippen molar-refractivity contribution in [2.45, 2.75) is 18.9 Å². The molecule has 1 saturated heterocycles. The van der Waals surface area contributed by atoms with E-state index < -0.39 is 12.0 Å². The zero-order valence-corrected chi connectivity index (χ0v) is 22.6. The minimum absolute atomic E-state index is 0.00873. The molecule has 1 unspecified atom stereocenters. The van der Waals surface area contributed by atoms with Crippen LogP contribution >= 0.6 is 0 Å². The van der Waals surface area contributed by atoms with E-state index in [0.29, 0.717) is 37.2 Å². The highest BCUT2D eigenvalue weighted by atomic mass is 16.5. The number of hydrogen-bond acceptors (Lipinski definition) is 7. The van der Waals surface area contributed by atoms with Crippen LogP contribution in [0.3, 0.4) is 0 Å². The molecule has 1 atom stereocenters. The molecule has 206 valence electrons. The van der Waals surface area contributed by atoms with Crippen LogP contribution in [-0.2, 0) is 19.1 Å². The quantitative estimate of drug-likeness (QED) is 0.324. The number of ether oxygens (including phenoxy) is 2. The molecule has 1 aliphatic rings. The van der Waals surface area contributed by atoms with E-state index in [9.17, 15) is 14.4 Å². The summed E-state index contributed by atoms with van der Waals surface area (Å²) < 4.78 is 10.3. The number of pyridine rings is 1. The Labute approximate surface area is 232 Å². The van der Waals surface area contributed by atoms with Crippen LogP contribution < -0.4 is 15.4 Å². The highest BCUT2D eigenvalue weighted by molar-refractivity contribution is 5.95. The van der Waals surface area contributed by atoms with Gasteiger partial charge >= 0.3 is 5.97 Å². The Morgan fingerprint density at radius 1 is 0.950 bits per heavy atom. The number of carbonyl (C=O) groups is 3. The number of carbonyl (C=O) groups excluding carboxylic acids is 3. The molecule has 1 aliphatic heterocycles. The van der Waals surface area contributed by atoms with Gasteiger partial charge in [-0.05, 0) is 73.1 Å². The zero-order chi connectivity index (χ0) is 28.1. The van der Waals surface area contributed by atoms with Gasteiger partial charge in [-0.3, -0.25) is 19.5 Å². The number of likely N-dealkylation sites (tertiary alicyclic amines) is 1. The van der Waals surface area contributed by atoms with E-state index >= 15 is 0 Å². The molecule has 0 aliphatic carbocycles. The van der Waals surface area contributed by atoms with Crippen molar-refractivity contribution in [2.24, 2.45) is 5.92 Å². The van der Waals surface area contributed by atoms with E-state index in [4.69, 9.17) is 9.47 Å². The number of rotatable bonds is 8. The van der Waals surface area contributed by atoms with Crippen LogP contribution in [0.15, 0.2) is 72.9 Å². The van der Waals surface area contributed by atoms with Crippen molar-refractivity contribution in [3.63, 3.8) is 0 Å². The summed E-state index contributed by atoms with van der Waals surface area (Å²) in [5.74, 6) is -0.360. The highest BCUT2D eigenvalue weighted by Gasteiger charge is 2.28. The average Bonchev–Trinajstić information content (AvgIpc) is 2.99. The number of amides is 2. The van der Waals surface area contributed by atoms with E-state index in [0.717, 1.165) is 27.4 Å². The standard InChI is InChI=1S/C31H32N4O5/c1-39-26-9-10-27-23(17-26)15-24(18-32-27)29(31(38)40-2)34-28(36)19-35-13-11-21(12-14-35)30(37)33-25-8-7-20-5-3-4-6-22(20)16-25/h3-10,15-18,21,29H,11-14,19H2,1-2H3,(H,33,37)(H,34,36). The first kappa shape index (κ1) is 27.1. The van der Waals surface area contributed by atoms with E-state index in [1.807, 2.05) is 65.6 Å². The maximum Gasteiger partial charge on any atom is 0.333 e. The zero-order valence-electron chi connectivity index (χ0n) is 22.6. The van der Waals surface area contributed by atoms with Gasteiger partial charge in [0.2, 0.25) is 11.8 Å². The lowest BCUT2D eigenvalue weighted by Crippen LogP contribution is -2.45. The summed E-state index contributed by atoms with van der Waals surface area (Å²) in [6, 6.07) is 20.2. The molecule has 9 heteroatoms. The molecule has 3 aromatic carbocycles. The lowest BCUT2D eigenvalue weighted by molar-refractivity contribution is -0.145. The molecule has 2 amide bonds. The third kappa shape index (κ3) is 6.21. The number of nitrogens with one attached hydrogen (secondary N) is 2. The summed E-state index contributed by atoms with van der Waals surface area (Å²) in [5, 5.41) is 8.82. The summed E-state index contributed by atoms with van der Waals surface area (Å²) in [6.45, 7) is 1.31. The van der Waals surface area contributed by atoms with Gasteiger partial charge in [-0.2, -0.15) is 0 Å². The van der Waals surface area contributed by atoms with Gasteiger partial charge in [0, 0.05) is 28.8 Å². The maximum atomic E-state index is 13.0. The van der Waals surface area contributed by atoms with E-state index in [2.05, 4.69) is 15.6 Å². The van der Waals surface area contributed by atoms with Crippen LogP contribution in [0.2, 0.25) is 0 Å². The van der Waals surface area contributed by atoms with Crippen LogP contribution in [0, 0.1) is 5.92 Å². The molecule has 4 aromatic rings. The predicted octanol–water partition coefficient (Wildman–Crippen LogP) is 4.08. The minimum atomic E-state index is -0.995. The van der Waals surface area contributed by atoms with Gasteiger partial charge in [0.1, 0.15) is 5.75 Å². The molecular formula is C31H32N4O5. The molecule has 1 aromatic heterocycles. The number of methoxy groups -OCH3 is 2. The van der Waals surface area contributed by atoms with Gasteiger partial charge in [0.25, 0.3) is 0 Å². The summed E-state index contributed by atoms with van der Waals surface area (Å²) in [7, 11) is 2.86. The molecule has 0 radical (unpaired) electrons. The van der Waals surface area contributed by atoms with Gasteiger partial charge in [-0.25, -0.2) is 4.79 Å². The Morgan fingerprint density at radius 2 is 1.73 bits per heavy atom. The second kappa shape index (κ2) is 12.1. The second-order valence-corrected chi connectivity index (χ2v) is 9.95. The fraction of sp³-hybridized carbons (Fsp3) is 0.290. The number of esters is 1. The number of benzene rings is 3. The van der Waals surface area contributed by atoms with E-state index in [-0.39, 0.29) is 24.3 Å². The van der Waals surface area contributed by atoms with Crippen molar-refractivity contribution >= 4 is 45.1 Å². The SMILES string of the molecule is COC(=O)C(NC(=O)CN1CCC(C(=O)Nc2ccc3ccccc3c2)CC1)c1cnc2ccc(OC)cc2c1. The number of piperidine rings is 1. The molecular weight excluding hydrogens is 508 g/mol. The fourth-order valence-corrected chi connectivity index (χ4v) is 5.08. The average molecular weight is 541 g/mol. The Balaban J connectivity index is 1.16. The van der Waals surface area contributed by atoms with Crippen molar-refractivity contribution in [1.82, 2.24) is 15.2 Å². The number of nitrogens with zero attached hydrogens (tertiary/aromatic N) is 2. The molecule has 9 nitrogen and oxygen atoms in total. The van der Waals surface area contributed by atoms with Gasteiger partial charge in [-0.15, -0.1) is 0 Å². The number of hydrogen-bond donors (Lipinski definition) is 2. The number of aromatic nitrogens is 1. The normalized spacial score (nSPS) is 14.9. The molecule has 5 rings (SSSR count). The van der Waals surface area contributed by atoms with Gasteiger partial charge in [-0.1, -0.05) is 30.3 Å². The third-order valence-corrected chi connectivity index (χ3v) is 7.33. The molecule has 2 heterocycles. The maximum absolute atomic E-state index is 13.0. The first-order valence-electron chi connectivity index (χ1n) is 13.3. The first-order valence-corrected chi connectivity index (χ1v) is 13.3. The summed E-state index contributed by atoms with van der Waals surface area (Å²) in [4.78, 5) is 44.9. The van der Waals surface area contributed by atoms with Crippen LogP contribution in [0.4, 0.5) is 5.69 Å². The molecule has 0 bridgehead atoms. The first-order chi connectivity index (χ1) is 19.4. The predicted molar refractivity (Wildman–Crippen MR) is 153 cm³/mol. The van der Waals surface area contributed by atoms with Crippen molar-refractivity contribution in [2.75, 3.05) is 39.2 Å². The van der Waals surface area contributed by atoms with Crippen LogP contribution in [-0.4, -0.2) is 61.5 Å². The molecule has 1 fully saturated rings. The lowest BCUT2D eigenvalue weighted by Gasteiger charge is -2.31. The Morgan fingerprint density at radius 3 is 2.48 bits per heavy atom. The number of anilines is 1. The largest absolute Gasteiger partial charge is 0.497 e. The smallest absolute Gasteiger partial charge is 0.333 e. The van der Waals surface area contributed by atoms with E-state index in [1.165, 1.54) is 7.11 Å². The van der Waals surface area contributed by atoms with Crippen molar-refractivity contribution in [3.05, 3.63) is 78.5 Å². The summed E-state index contributed by atoms with van der Waals surface area (Å²) >= 11 is 0. The Bertz CT molecular complexity index is 1550. The lowest BCUT2D eigenvalue weighted by atomic mass is 9.95. The van der Waals surface area contributed by atoms with Crippen molar-refractivity contribution in [3.8, 4) is 5.75 Å². The number of fused-ring (bicyclic) bond motifs is 2. The molecule has 0 saturated carbocycles. The monoisotopic (exact) mass is 540 g/mol. The van der Waals surface area contributed by atoms with Crippen molar-refractivity contribution in [1.29, 1.82) is 0 Å². The Hall–Kier alpha value is -4.50. The molecule has 40 heavy (non-hydrogen) atoms. The van der Waals surface area contributed by atoms with Gasteiger partial charge in [0.05, 0.1) is 26.3 Å². The van der Waals surface area contributed by atoms with Gasteiger partial charge in [0.15, 0.2) is 6.04 Å². The summed E-state index contributed by atoms with van der Waals surface area (Å²) in [5.41, 5.74) is 2.04. The third-order valence-electron chi connectivity index (χ3n) is 7.33.